The van der Waals surface area contributed by atoms with Gasteiger partial charge in [0.1, 0.15) is 11.6 Å². The van der Waals surface area contributed by atoms with Crippen molar-refractivity contribution in [1.82, 2.24) is 5.43 Å². The Morgan fingerprint density at radius 3 is 2.33 bits per heavy atom. The average Bonchev–Trinajstić information content (AvgIpc) is 2.43. The summed E-state index contributed by atoms with van der Waals surface area (Å²) in [6.07, 6.45) is 0.117. The third-order valence-electron chi connectivity index (χ3n) is 3.03. The molecule has 0 heterocycles. The molecule has 5 heteroatoms. The van der Waals surface area contributed by atoms with Crippen molar-refractivity contribution in [3.8, 4) is 5.75 Å². The summed E-state index contributed by atoms with van der Waals surface area (Å²) in [5.74, 6) is 6.04. The highest BCUT2D eigenvalue weighted by atomic mass is 35.5. The molecule has 2 rings (SSSR count). The first-order chi connectivity index (χ1) is 10.0. The van der Waals surface area contributed by atoms with Crippen molar-refractivity contribution in [2.75, 3.05) is 0 Å². The number of benzene rings is 2. The van der Waals surface area contributed by atoms with Gasteiger partial charge in [0.2, 0.25) is 0 Å². The summed E-state index contributed by atoms with van der Waals surface area (Å²) in [6.45, 7) is 3.94. The number of nitrogens with two attached hydrogens (primary N) is 1. The standard InChI is InChI=1S/C16H18ClFN2O/c1-10(2)21-13-6-3-11(4-7-13)16(20-19)14-8-5-12(18)9-15(14)17/h3-10,16,20H,19H2,1-2H3. The Morgan fingerprint density at radius 1 is 1.14 bits per heavy atom. The van der Waals surface area contributed by atoms with Gasteiger partial charge >= 0.3 is 0 Å². The maximum atomic E-state index is 13.1. The van der Waals surface area contributed by atoms with Crippen molar-refractivity contribution >= 4 is 11.6 Å². The number of hydrazine groups is 1. The maximum absolute atomic E-state index is 13.1. The molecule has 0 bridgehead atoms. The molecule has 0 saturated carbocycles. The van der Waals surface area contributed by atoms with Crippen molar-refractivity contribution in [3.63, 3.8) is 0 Å². The van der Waals surface area contributed by atoms with Crippen LogP contribution < -0.4 is 16.0 Å². The first-order valence-corrected chi connectivity index (χ1v) is 7.06. The van der Waals surface area contributed by atoms with Crippen molar-refractivity contribution in [2.45, 2.75) is 26.0 Å². The molecule has 0 aromatic heterocycles. The van der Waals surface area contributed by atoms with Crippen LogP contribution >= 0.6 is 11.6 Å². The van der Waals surface area contributed by atoms with Crippen LogP contribution in [0.3, 0.4) is 0 Å². The van der Waals surface area contributed by atoms with Crippen molar-refractivity contribution < 1.29 is 9.13 Å². The fourth-order valence-corrected chi connectivity index (χ4v) is 2.39. The number of nitrogens with one attached hydrogen (secondary N) is 1. The second-order valence-electron chi connectivity index (χ2n) is 5.00. The van der Waals surface area contributed by atoms with Gasteiger partial charge in [0.25, 0.3) is 0 Å². The Bertz CT molecular complexity index is 602. The van der Waals surface area contributed by atoms with E-state index in [0.717, 1.165) is 16.9 Å². The SMILES string of the molecule is CC(C)Oc1ccc(C(NN)c2ccc(F)cc2Cl)cc1. The topological polar surface area (TPSA) is 47.3 Å². The van der Waals surface area contributed by atoms with Crippen LogP contribution in [0.2, 0.25) is 5.02 Å². The van der Waals surface area contributed by atoms with Crippen molar-refractivity contribution in [3.05, 3.63) is 64.4 Å². The van der Waals surface area contributed by atoms with E-state index in [4.69, 9.17) is 22.2 Å². The number of rotatable bonds is 5. The van der Waals surface area contributed by atoms with Crippen LogP contribution in [-0.4, -0.2) is 6.10 Å². The number of ether oxygens (including phenoxy) is 1. The molecule has 2 aromatic rings. The van der Waals surface area contributed by atoms with E-state index in [1.807, 2.05) is 38.1 Å². The molecule has 1 unspecified atom stereocenters. The second-order valence-corrected chi connectivity index (χ2v) is 5.41. The highest BCUT2D eigenvalue weighted by Gasteiger charge is 2.16. The van der Waals surface area contributed by atoms with Crippen molar-refractivity contribution in [1.29, 1.82) is 0 Å². The van der Waals surface area contributed by atoms with Gasteiger partial charge in [-0.3, -0.25) is 5.84 Å². The van der Waals surface area contributed by atoms with E-state index in [0.29, 0.717) is 5.02 Å². The molecule has 0 fully saturated rings. The lowest BCUT2D eigenvalue weighted by molar-refractivity contribution is 0.242. The fraction of sp³-hybridized carbons (Fsp3) is 0.250. The third kappa shape index (κ3) is 3.94. The van der Waals surface area contributed by atoms with Crippen LogP contribution in [0.4, 0.5) is 4.39 Å². The smallest absolute Gasteiger partial charge is 0.124 e. The molecule has 0 aliphatic rings. The molecular weight excluding hydrogens is 291 g/mol. The zero-order valence-electron chi connectivity index (χ0n) is 11.9. The molecule has 0 saturated heterocycles. The summed E-state index contributed by atoms with van der Waals surface area (Å²) in [4.78, 5) is 0. The Balaban J connectivity index is 2.28. The lowest BCUT2D eigenvalue weighted by atomic mass is 9.99. The summed E-state index contributed by atoms with van der Waals surface area (Å²) in [7, 11) is 0. The molecule has 0 amide bonds. The lowest BCUT2D eigenvalue weighted by Gasteiger charge is -2.19. The predicted octanol–water partition coefficient (Wildman–Crippen LogP) is 3.82. The van der Waals surface area contributed by atoms with Crippen LogP contribution in [0.5, 0.6) is 5.75 Å². The zero-order valence-corrected chi connectivity index (χ0v) is 12.7. The Labute approximate surface area is 128 Å². The van der Waals surface area contributed by atoms with Crippen molar-refractivity contribution in [2.24, 2.45) is 5.84 Å². The van der Waals surface area contributed by atoms with Gasteiger partial charge in [0.05, 0.1) is 12.1 Å². The molecule has 3 nitrogen and oxygen atoms in total. The number of halogens is 2. The molecule has 0 radical (unpaired) electrons. The van der Waals surface area contributed by atoms with E-state index in [1.54, 1.807) is 6.07 Å². The van der Waals surface area contributed by atoms with E-state index in [-0.39, 0.29) is 18.0 Å². The van der Waals surface area contributed by atoms with Crippen LogP contribution in [0.15, 0.2) is 42.5 Å². The van der Waals surface area contributed by atoms with E-state index in [1.165, 1.54) is 12.1 Å². The van der Waals surface area contributed by atoms with Crippen LogP contribution in [0, 0.1) is 5.82 Å². The molecule has 0 spiro atoms. The zero-order chi connectivity index (χ0) is 15.4. The molecule has 21 heavy (non-hydrogen) atoms. The van der Waals surface area contributed by atoms with Gasteiger partial charge in [-0.2, -0.15) is 0 Å². The van der Waals surface area contributed by atoms with Gasteiger partial charge < -0.3 is 4.74 Å². The summed E-state index contributed by atoms with van der Waals surface area (Å²) >= 11 is 6.09. The highest BCUT2D eigenvalue weighted by molar-refractivity contribution is 6.31. The minimum atomic E-state index is -0.375. The van der Waals surface area contributed by atoms with E-state index in [2.05, 4.69) is 5.43 Å². The average molecular weight is 309 g/mol. The Hall–Kier alpha value is -1.62. The van der Waals surface area contributed by atoms with Crippen LogP contribution in [0.25, 0.3) is 0 Å². The van der Waals surface area contributed by atoms with Gasteiger partial charge in [-0.25, -0.2) is 9.82 Å². The summed E-state index contributed by atoms with van der Waals surface area (Å²) in [6, 6.07) is 11.5. The number of hydrogen-bond acceptors (Lipinski definition) is 3. The van der Waals surface area contributed by atoms with Gasteiger partial charge in [-0.1, -0.05) is 29.8 Å². The van der Waals surface area contributed by atoms with Gasteiger partial charge in [-0.05, 0) is 49.2 Å². The first-order valence-electron chi connectivity index (χ1n) is 6.69. The number of hydrogen-bond donors (Lipinski definition) is 2. The summed E-state index contributed by atoms with van der Waals surface area (Å²) in [5, 5.41) is 0.334. The van der Waals surface area contributed by atoms with E-state index in [9.17, 15) is 4.39 Å². The fourth-order valence-electron chi connectivity index (χ4n) is 2.11. The van der Waals surface area contributed by atoms with E-state index >= 15 is 0 Å². The van der Waals surface area contributed by atoms with Crippen LogP contribution in [0.1, 0.15) is 31.0 Å². The normalized spacial score (nSPS) is 12.5. The molecular formula is C16H18ClFN2O. The largest absolute Gasteiger partial charge is 0.491 e. The summed E-state index contributed by atoms with van der Waals surface area (Å²) < 4.78 is 18.7. The minimum absolute atomic E-state index is 0.117. The molecule has 3 N–H and O–H groups in total. The molecule has 1 atom stereocenters. The third-order valence-corrected chi connectivity index (χ3v) is 3.35. The molecule has 0 aliphatic heterocycles. The quantitative estimate of drug-likeness (QED) is 0.652. The predicted molar refractivity (Wildman–Crippen MR) is 82.8 cm³/mol. The van der Waals surface area contributed by atoms with Crippen LogP contribution in [-0.2, 0) is 0 Å². The van der Waals surface area contributed by atoms with E-state index < -0.39 is 0 Å². The maximum Gasteiger partial charge on any atom is 0.124 e. The van der Waals surface area contributed by atoms with Gasteiger partial charge in [-0.15, -0.1) is 0 Å². The molecule has 0 aliphatic carbocycles. The second kappa shape index (κ2) is 6.89. The lowest BCUT2D eigenvalue weighted by Crippen LogP contribution is -2.29. The Kier molecular flexibility index (Phi) is 5.17. The summed E-state index contributed by atoms with van der Waals surface area (Å²) in [5.41, 5.74) is 4.35. The first kappa shape index (κ1) is 15.8. The monoisotopic (exact) mass is 308 g/mol. The van der Waals surface area contributed by atoms with Gasteiger partial charge in [0, 0.05) is 5.02 Å². The Morgan fingerprint density at radius 2 is 1.81 bits per heavy atom. The minimum Gasteiger partial charge on any atom is -0.491 e. The highest BCUT2D eigenvalue weighted by Crippen LogP contribution is 2.29. The molecule has 112 valence electrons. The molecule has 2 aromatic carbocycles. The van der Waals surface area contributed by atoms with Gasteiger partial charge in [0.15, 0.2) is 0 Å².